The Bertz CT molecular complexity index is 391. The quantitative estimate of drug-likeness (QED) is 0.595. The standard InChI is InChI=1S/C11H14N2O3/c1-9-3-2-4-10(7-9)5-6-12-11(14)8-13(15)16/h2-4,7H,5-6,8H2,1H3,(H,12,14). The molecule has 0 unspecified atom stereocenters. The van der Waals surface area contributed by atoms with E-state index < -0.39 is 17.4 Å². The molecule has 1 amide bonds. The van der Waals surface area contributed by atoms with Crippen molar-refractivity contribution in [1.82, 2.24) is 5.32 Å². The third kappa shape index (κ3) is 4.54. The zero-order valence-corrected chi connectivity index (χ0v) is 9.10. The topological polar surface area (TPSA) is 72.2 Å². The molecule has 0 aliphatic heterocycles. The first-order chi connectivity index (χ1) is 7.58. The fourth-order valence-electron chi connectivity index (χ4n) is 1.39. The number of hydrogen-bond donors (Lipinski definition) is 1. The van der Waals surface area contributed by atoms with Crippen LogP contribution < -0.4 is 5.32 Å². The van der Waals surface area contributed by atoms with Crippen LogP contribution in [0.4, 0.5) is 0 Å². The minimum absolute atomic E-state index is 0.427. The molecule has 16 heavy (non-hydrogen) atoms. The van der Waals surface area contributed by atoms with E-state index in [4.69, 9.17) is 0 Å². The molecule has 0 radical (unpaired) electrons. The molecule has 0 heterocycles. The first-order valence-electron chi connectivity index (χ1n) is 5.02. The van der Waals surface area contributed by atoms with Gasteiger partial charge >= 0.3 is 0 Å². The molecule has 0 bridgehead atoms. The van der Waals surface area contributed by atoms with Gasteiger partial charge in [0.15, 0.2) is 0 Å². The smallest absolute Gasteiger partial charge is 0.291 e. The maximum Gasteiger partial charge on any atom is 0.291 e. The average Bonchev–Trinajstić information content (AvgIpc) is 2.16. The predicted octanol–water partition coefficient (Wildman–Crippen LogP) is 0.930. The van der Waals surface area contributed by atoms with Crippen LogP contribution in [-0.4, -0.2) is 23.9 Å². The molecule has 0 saturated heterocycles. The lowest BCUT2D eigenvalue weighted by atomic mass is 10.1. The van der Waals surface area contributed by atoms with E-state index in [0.717, 1.165) is 11.1 Å². The summed E-state index contributed by atoms with van der Waals surface area (Å²) >= 11 is 0. The molecule has 0 aliphatic carbocycles. The highest BCUT2D eigenvalue weighted by molar-refractivity contribution is 5.76. The summed E-state index contributed by atoms with van der Waals surface area (Å²) in [4.78, 5) is 20.4. The number of carbonyl (C=O) groups is 1. The molecular formula is C11H14N2O3. The lowest BCUT2D eigenvalue weighted by Crippen LogP contribution is -2.31. The van der Waals surface area contributed by atoms with Crippen molar-refractivity contribution in [2.24, 2.45) is 0 Å². The van der Waals surface area contributed by atoms with Gasteiger partial charge in [0, 0.05) is 11.5 Å². The number of amides is 1. The number of aryl methyl sites for hydroxylation is 1. The van der Waals surface area contributed by atoms with Crippen LogP contribution in [0.15, 0.2) is 24.3 Å². The van der Waals surface area contributed by atoms with Crippen molar-refractivity contribution in [3.05, 3.63) is 45.5 Å². The average molecular weight is 222 g/mol. The first-order valence-corrected chi connectivity index (χ1v) is 5.02. The van der Waals surface area contributed by atoms with Crippen LogP contribution in [0.25, 0.3) is 0 Å². The predicted molar refractivity (Wildman–Crippen MR) is 59.8 cm³/mol. The summed E-state index contributed by atoms with van der Waals surface area (Å²) in [6.45, 7) is 1.76. The van der Waals surface area contributed by atoms with Gasteiger partial charge in [0.2, 0.25) is 0 Å². The maximum atomic E-state index is 11.0. The molecule has 5 heteroatoms. The van der Waals surface area contributed by atoms with Crippen molar-refractivity contribution in [2.45, 2.75) is 13.3 Å². The fourth-order valence-corrected chi connectivity index (χ4v) is 1.39. The Morgan fingerprint density at radius 1 is 1.50 bits per heavy atom. The Morgan fingerprint density at radius 3 is 2.88 bits per heavy atom. The third-order valence-corrected chi connectivity index (χ3v) is 2.09. The minimum atomic E-state index is -0.659. The normalized spacial score (nSPS) is 9.81. The van der Waals surface area contributed by atoms with E-state index in [1.165, 1.54) is 0 Å². The Balaban J connectivity index is 2.30. The number of benzene rings is 1. The largest absolute Gasteiger partial charge is 0.350 e. The van der Waals surface area contributed by atoms with Gasteiger partial charge in [0.1, 0.15) is 0 Å². The Labute approximate surface area is 93.6 Å². The molecule has 0 atom stereocenters. The molecule has 1 aromatic rings. The van der Waals surface area contributed by atoms with Crippen LogP contribution in [-0.2, 0) is 11.2 Å². The second kappa shape index (κ2) is 5.85. The summed E-state index contributed by atoms with van der Waals surface area (Å²) in [6, 6.07) is 7.94. The molecule has 1 N–H and O–H groups in total. The van der Waals surface area contributed by atoms with Crippen molar-refractivity contribution in [2.75, 3.05) is 13.1 Å². The number of nitrogens with zero attached hydrogens (tertiary/aromatic N) is 1. The summed E-state index contributed by atoms with van der Waals surface area (Å²) in [6.07, 6.45) is 0.686. The van der Waals surface area contributed by atoms with Gasteiger partial charge in [-0.1, -0.05) is 29.8 Å². The van der Waals surface area contributed by atoms with Gasteiger partial charge in [-0.25, -0.2) is 0 Å². The Hall–Kier alpha value is -1.91. The minimum Gasteiger partial charge on any atom is -0.350 e. The third-order valence-electron chi connectivity index (χ3n) is 2.09. The molecule has 0 aromatic heterocycles. The van der Waals surface area contributed by atoms with Crippen molar-refractivity contribution in [3.63, 3.8) is 0 Å². The highest BCUT2D eigenvalue weighted by Crippen LogP contribution is 2.03. The van der Waals surface area contributed by atoms with E-state index in [1.807, 2.05) is 31.2 Å². The van der Waals surface area contributed by atoms with Gasteiger partial charge < -0.3 is 5.32 Å². The van der Waals surface area contributed by atoms with E-state index in [2.05, 4.69) is 5.32 Å². The van der Waals surface area contributed by atoms with Crippen molar-refractivity contribution < 1.29 is 9.72 Å². The van der Waals surface area contributed by atoms with E-state index in [1.54, 1.807) is 0 Å². The fraction of sp³-hybridized carbons (Fsp3) is 0.364. The van der Waals surface area contributed by atoms with E-state index >= 15 is 0 Å². The molecule has 0 fully saturated rings. The highest BCUT2D eigenvalue weighted by atomic mass is 16.6. The Kier molecular flexibility index (Phi) is 4.44. The monoisotopic (exact) mass is 222 g/mol. The van der Waals surface area contributed by atoms with Gasteiger partial charge in [0.05, 0.1) is 0 Å². The number of rotatable bonds is 5. The molecule has 86 valence electrons. The van der Waals surface area contributed by atoms with Gasteiger partial charge in [-0.15, -0.1) is 0 Å². The van der Waals surface area contributed by atoms with Crippen molar-refractivity contribution >= 4 is 5.91 Å². The van der Waals surface area contributed by atoms with E-state index in [0.29, 0.717) is 13.0 Å². The molecule has 5 nitrogen and oxygen atoms in total. The lowest BCUT2D eigenvalue weighted by Gasteiger charge is -2.03. The molecule has 0 spiro atoms. The zero-order chi connectivity index (χ0) is 12.0. The number of nitro groups is 1. The zero-order valence-electron chi connectivity index (χ0n) is 9.10. The summed E-state index contributed by atoms with van der Waals surface area (Å²) < 4.78 is 0. The van der Waals surface area contributed by atoms with E-state index in [9.17, 15) is 14.9 Å². The molecule has 0 saturated carbocycles. The molecule has 1 rings (SSSR count). The summed E-state index contributed by atoms with van der Waals surface area (Å²) in [5, 5.41) is 12.5. The van der Waals surface area contributed by atoms with Crippen LogP contribution in [0, 0.1) is 17.0 Å². The van der Waals surface area contributed by atoms with Crippen molar-refractivity contribution in [3.8, 4) is 0 Å². The lowest BCUT2D eigenvalue weighted by molar-refractivity contribution is -0.467. The van der Waals surface area contributed by atoms with Crippen LogP contribution in [0.1, 0.15) is 11.1 Å². The SMILES string of the molecule is Cc1cccc(CCNC(=O)C[N+](=O)[O-])c1. The molecule has 0 aliphatic rings. The summed E-state index contributed by atoms with van der Waals surface area (Å²) in [7, 11) is 0. The second-order valence-corrected chi connectivity index (χ2v) is 3.58. The van der Waals surface area contributed by atoms with Gasteiger partial charge in [-0.05, 0) is 18.9 Å². The molecular weight excluding hydrogens is 208 g/mol. The number of carbonyl (C=O) groups excluding carboxylic acids is 1. The van der Waals surface area contributed by atoms with Crippen LogP contribution in [0.3, 0.4) is 0 Å². The van der Waals surface area contributed by atoms with Crippen molar-refractivity contribution in [1.29, 1.82) is 0 Å². The van der Waals surface area contributed by atoms with E-state index in [-0.39, 0.29) is 0 Å². The van der Waals surface area contributed by atoms with Crippen LogP contribution in [0.2, 0.25) is 0 Å². The number of hydrogen-bond acceptors (Lipinski definition) is 3. The van der Waals surface area contributed by atoms with Gasteiger partial charge in [-0.2, -0.15) is 0 Å². The molecule has 1 aromatic carbocycles. The second-order valence-electron chi connectivity index (χ2n) is 3.58. The highest BCUT2D eigenvalue weighted by Gasteiger charge is 2.07. The summed E-state index contributed by atoms with van der Waals surface area (Å²) in [5.74, 6) is -0.544. The van der Waals surface area contributed by atoms with Crippen LogP contribution in [0.5, 0.6) is 0 Å². The van der Waals surface area contributed by atoms with Gasteiger partial charge in [-0.3, -0.25) is 14.9 Å². The first kappa shape index (κ1) is 12.2. The Morgan fingerprint density at radius 2 is 2.25 bits per heavy atom. The number of nitrogens with one attached hydrogen (secondary N) is 1. The maximum absolute atomic E-state index is 11.0. The van der Waals surface area contributed by atoms with Crippen LogP contribution >= 0.6 is 0 Å². The summed E-state index contributed by atoms with van der Waals surface area (Å²) in [5.41, 5.74) is 2.27. The van der Waals surface area contributed by atoms with Gasteiger partial charge in [0.25, 0.3) is 12.5 Å².